The minimum absolute atomic E-state index is 0.157. The molecule has 1 amide bonds. The van der Waals surface area contributed by atoms with E-state index in [4.69, 9.17) is 11.6 Å². The van der Waals surface area contributed by atoms with E-state index in [-0.39, 0.29) is 22.8 Å². The van der Waals surface area contributed by atoms with Crippen molar-refractivity contribution in [2.45, 2.75) is 26.3 Å². The van der Waals surface area contributed by atoms with Crippen molar-refractivity contribution >= 4 is 28.8 Å². The number of halogens is 1. The highest BCUT2D eigenvalue weighted by Gasteiger charge is 2.15. The molecule has 7 heteroatoms. The Morgan fingerprint density at radius 2 is 2.16 bits per heavy atom. The number of aryl methyl sites for hydroxylation is 1. The second-order valence-corrected chi connectivity index (χ2v) is 5.47. The number of rotatable bonds is 4. The number of hydrogen-bond acceptors (Lipinski definition) is 5. The van der Waals surface area contributed by atoms with Gasteiger partial charge in [-0.25, -0.2) is 15.0 Å². The molecule has 1 atom stereocenters. The molecule has 0 bridgehead atoms. The first kappa shape index (κ1) is 13.9. The molecule has 1 unspecified atom stereocenters. The van der Waals surface area contributed by atoms with E-state index in [0.717, 1.165) is 11.4 Å². The maximum atomic E-state index is 11.9. The van der Waals surface area contributed by atoms with Crippen LogP contribution in [0.15, 0.2) is 18.6 Å². The van der Waals surface area contributed by atoms with Gasteiger partial charge in [0.05, 0.1) is 18.4 Å². The van der Waals surface area contributed by atoms with E-state index in [1.54, 1.807) is 11.3 Å². The molecule has 0 saturated heterocycles. The van der Waals surface area contributed by atoms with Gasteiger partial charge in [-0.1, -0.05) is 18.5 Å². The summed E-state index contributed by atoms with van der Waals surface area (Å²) in [5, 5.41) is 3.98. The lowest BCUT2D eigenvalue weighted by Crippen LogP contribution is -2.27. The fourth-order valence-corrected chi connectivity index (χ4v) is 2.41. The predicted octanol–water partition coefficient (Wildman–Crippen LogP) is 2.64. The first-order valence-electron chi connectivity index (χ1n) is 5.83. The van der Waals surface area contributed by atoms with Gasteiger partial charge < -0.3 is 5.32 Å². The minimum Gasteiger partial charge on any atom is -0.342 e. The molecule has 19 heavy (non-hydrogen) atoms. The fourth-order valence-electron chi connectivity index (χ4n) is 1.45. The van der Waals surface area contributed by atoms with E-state index in [1.807, 2.05) is 13.1 Å². The van der Waals surface area contributed by atoms with Crippen LogP contribution >= 0.6 is 22.9 Å². The van der Waals surface area contributed by atoms with Gasteiger partial charge in [0.15, 0.2) is 0 Å². The van der Waals surface area contributed by atoms with Gasteiger partial charge in [0.25, 0.3) is 5.91 Å². The molecule has 0 aliphatic carbocycles. The summed E-state index contributed by atoms with van der Waals surface area (Å²) in [4.78, 5) is 25.2. The number of hydrogen-bond donors (Lipinski definition) is 1. The van der Waals surface area contributed by atoms with E-state index in [1.165, 1.54) is 17.3 Å². The summed E-state index contributed by atoms with van der Waals surface area (Å²) in [6.45, 7) is 3.96. The fraction of sp³-hybridized carbons (Fsp3) is 0.333. The van der Waals surface area contributed by atoms with Gasteiger partial charge in [0.2, 0.25) is 0 Å². The molecule has 0 aliphatic rings. The Kier molecular flexibility index (Phi) is 4.44. The van der Waals surface area contributed by atoms with Gasteiger partial charge in [0.1, 0.15) is 15.9 Å². The van der Waals surface area contributed by atoms with E-state index < -0.39 is 0 Å². The molecular formula is C12H13ClN4OS. The number of carbonyl (C=O) groups excluding carboxylic acids is 1. The number of amides is 1. The quantitative estimate of drug-likeness (QED) is 0.942. The summed E-state index contributed by atoms with van der Waals surface area (Å²) >= 11 is 7.22. The third-order valence-corrected chi connectivity index (χ3v) is 4.01. The summed E-state index contributed by atoms with van der Waals surface area (Å²) < 4.78 is 0. The first-order valence-corrected chi connectivity index (χ1v) is 7.02. The van der Waals surface area contributed by atoms with Crippen LogP contribution in [-0.2, 0) is 6.42 Å². The van der Waals surface area contributed by atoms with Crippen molar-refractivity contribution < 1.29 is 4.79 Å². The molecule has 0 fully saturated rings. The molecule has 0 spiro atoms. The molecule has 2 aromatic rings. The van der Waals surface area contributed by atoms with Crippen molar-refractivity contribution in [2.24, 2.45) is 0 Å². The lowest BCUT2D eigenvalue weighted by atomic mass is 10.3. The van der Waals surface area contributed by atoms with Crippen molar-refractivity contribution in [3.63, 3.8) is 0 Å². The van der Waals surface area contributed by atoms with Gasteiger partial charge in [-0.3, -0.25) is 4.79 Å². The second kappa shape index (κ2) is 6.08. The normalized spacial score (nSPS) is 12.2. The maximum Gasteiger partial charge on any atom is 0.272 e. The summed E-state index contributed by atoms with van der Waals surface area (Å²) in [5.74, 6) is -0.287. The summed E-state index contributed by atoms with van der Waals surface area (Å²) in [5.41, 5.74) is 0.239. The predicted molar refractivity (Wildman–Crippen MR) is 74.4 cm³/mol. The highest BCUT2D eigenvalue weighted by atomic mass is 35.5. The minimum atomic E-state index is -0.287. The Labute approximate surface area is 120 Å². The molecular weight excluding hydrogens is 284 g/mol. The van der Waals surface area contributed by atoms with Crippen LogP contribution < -0.4 is 5.32 Å². The second-order valence-electron chi connectivity index (χ2n) is 3.94. The van der Waals surface area contributed by atoms with Crippen molar-refractivity contribution in [3.8, 4) is 0 Å². The van der Waals surface area contributed by atoms with E-state index in [2.05, 4.69) is 27.2 Å². The number of nitrogens with one attached hydrogen (secondary N) is 1. The SMILES string of the molecule is CCc1cnc(C(C)NC(=O)c2cnc(Cl)cn2)s1. The number of aromatic nitrogens is 3. The third-order valence-electron chi connectivity index (χ3n) is 2.49. The van der Waals surface area contributed by atoms with Crippen LogP contribution in [0.1, 0.15) is 40.3 Å². The Morgan fingerprint density at radius 3 is 2.74 bits per heavy atom. The molecule has 1 N–H and O–H groups in total. The molecule has 5 nitrogen and oxygen atoms in total. The molecule has 2 aromatic heterocycles. The Hall–Kier alpha value is -1.53. The van der Waals surface area contributed by atoms with Crippen LogP contribution in [0.25, 0.3) is 0 Å². The van der Waals surface area contributed by atoms with Crippen LogP contribution in [0.4, 0.5) is 0 Å². The number of thiazole rings is 1. The van der Waals surface area contributed by atoms with Crippen molar-refractivity contribution in [3.05, 3.63) is 39.3 Å². The molecule has 100 valence electrons. The Balaban J connectivity index is 2.04. The zero-order chi connectivity index (χ0) is 13.8. The average molecular weight is 297 g/mol. The molecule has 2 rings (SSSR count). The maximum absolute atomic E-state index is 11.9. The van der Waals surface area contributed by atoms with E-state index >= 15 is 0 Å². The molecule has 0 saturated carbocycles. The topological polar surface area (TPSA) is 67.8 Å². The zero-order valence-corrected chi connectivity index (χ0v) is 12.1. The number of carbonyl (C=O) groups is 1. The van der Waals surface area contributed by atoms with Crippen LogP contribution in [-0.4, -0.2) is 20.9 Å². The third kappa shape index (κ3) is 3.48. The zero-order valence-electron chi connectivity index (χ0n) is 10.6. The van der Waals surface area contributed by atoms with Crippen molar-refractivity contribution in [1.82, 2.24) is 20.3 Å². The van der Waals surface area contributed by atoms with Crippen LogP contribution in [0, 0.1) is 0 Å². The Morgan fingerprint density at radius 1 is 1.37 bits per heavy atom. The Bertz CT molecular complexity index is 569. The molecule has 2 heterocycles. The average Bonchev–Trinajstić information content (AvgIpc) is 2.88. The van der Waals surface area contributed by atoms with Crippen molar-refractivity contribution in [1.29, 1.82) is 0 Å². The van der Waals surface area contributed by atoms with Gasteiger partial charge in [0, 0.05) is 11.1 Å². The van der Waals surface area contributed by atoms with Crippen LogP contribution in [0.2, 0.25) is 5.15 Å². The standard InChI is InChI=1S/C12H13ClN4OS/c1-3-8-4-16-12(19-8)7(2)17-11(18)9-5-15-10(13)6-14-9/h4-7H,3H2,1-2H3,(H,17,18). The summed E-state index contributed by atoms with van der Waals surface area (Å²) in [7, 11) is 0. The smallest absolute Gasteiger partial charge is 0.272 e. The van der Waals surface area contributed by atoms with Gasteiger partial charge in [-0.2, -0.15) is 0 Å². The van der Waals surface area contributed by atoms with Gasteiger partial charge in [-0.05, 0) is 13.3 Å². The monoisotopic (exact) mass is 296 g/mol. The summed E-state index contributed by atoms with van der Waals surface area (Å²) in [6.07, 6.45) is 5.48. The lowest BCUT2D eigenvalue weighted by Gasteiger charge is -2.10. The largest absolute Gasteiger partial charge is 0.342 e. The molecule has 0 aromatic carbocycles. The molecule has 0 radical (unpaired) electrons. The van der Waals surface area contributed by atoms with Gasteiger partial charge >= 0.3 is 0 Å². The van der Waals surface area contributed by atoms with Crippen molar-refractivity contribution in [2.75, 3.05) is 0 Å². The van der Waals surface area contributed by atoms with Gasteiger partial charge in [-0.15, -0.1) is 11.3 Å². The summed E-state index contributed by atoms with van der Waals surface area (Å²) in [6, 6.07) is -0.157. The van der Waals surface area contributed by atoms with Crippen LogP contribution in [0.5, 0.6) is 0 Å². The highest BCUT2D eigenvalue weighted by molar-refractivity contribution is 7.11. The lowest BCUT2D eigenvalue weighted by molar-refractivity contribution is 0.0934. The van der Waals surface area contributed by atoms with E-state index in [9.17, 15) is 4.79 Å². The first-order chi connectivity index (χ1) is 9.10. The number of nitrogens with zero attached hydrogens (tertiary/aromatic N) is 3. The van der Waals surface area contributed by atoms with Crippen LogP contribution in [0.3, 0.4) is 0 Å². The highest BCUT2D eigenvalue weighted by Crippen LogP contribution is 2.20. The van der Waals surface area contributed by atoms with E-state index in [0.29, 0.717) is 0 Å². The molecule has 0 aliphatic heterocycles.